The van der Waals surface area contributed by atoms with Crippen LogP contribution >= 0.6 is 0 Å². The first kappa shape index (κ1) is 14.9. The summed E-state index contributed by atoms with van der Waals surface area (Å²) in [7, 11) is 0. The lowest BCUT2D eigenvalue weighted by molar-refractivity contribution is 0.0313. The van der Waals surface area contributed by atoms with E-state index in [1.165, 1.54) is 0 Å². The van der Waals surface area contributed by atoms with Crippen LogP contribution in [0, 0.1) is 36.5 Å². The molecular weight excluding hydrogens is 224 g/mol. The molecular formula is C12H14O5. The first-order valence-corrected chi connectivity index (χ1v) is 4.93. The second-order valence-electron chi connectivity index (χ2n) is 3.36. The van der Waals surface area contributed by atoms with Crippen molar-refractivity contribution in [2.24, 2.45) is 11.8 Å². The molecule has 0 fully saturated rings. The van der Waals surface area contributed by atoms with E-state index >= 15 is 0 Å². The maximum absolute atomic E-state index is 10.9. The zero-order chi connectivity index (χ0) is 13.3. The van der Waals surface area contributed by atoms with Crippen molar-refractivity contribution < 1.29 is 23.8 Å². The Morgan fingerprint density at radius 2 is 1.35 bits per heavy atom. The number of carbonyl (C=O) groups excluding carboxylic acids is 2. The van der Waals surface area contributed by atoms with Gasteiger partial charge in [-0.05, 0) is 13.8 Å². The summed E-state index contributed by atoms with van der Waals surface area (Å²) < 4.78 is 13.3. The van der Waals surface area contributed by atoms with Crippen molar-refractivity contribution in [1.82, 2.24) is 0 Å². The summed E-state index contributed by atoms with van der Waals surface area (Å²) in [6.07, 6.45) is 7.83. The Hall–Kier alpha value is -2.14. The van der Waals surface area contributed by atoms with Gasteiger partial charge in [0, 0.05) is 0 Å². The van der Waals surface area contributed by atoms with Crippen molar-refractivity contribution in [3.63, 3.8) is 0 Å². The van der Waals surface area contributed by atoms with Crippen molar-refractivity contribution in [2.75, 3.05) is 13.2 Å². The molecule has 0 aliphatic heterocycles. The van der Waals surface area contributed by atoms with Crippen LogP contribution in [-0.2, 0) is 14.2 Å². The van der Waals surface area contributed by atoms with Crippen LogP contribution < -0.4 is 0 Å². The highest BCUT2D eigenvalue weighted by Crippen LogP contribution is 1.98. The van der Waals surface area contributed by atoms with Gasteiger partial charge in [0.2, 0.25) is 0 Å². The van der Waals surface area contributed by atoms with Gasteiger partial charge < -0.3 is 14.2 Å². The van der Waals surface area contributed by atoms with Gasteiger partial charge in [0.25, 0.3) is 0 Å². The Morgan fingerprint density at radius 3 is 1.65 bits per heavy atom. The van der Waals surface area contributed by atoms with Gasteiger partial charge in [-0.2, -0.15) is 0 Å². The van der Waals surface area contributed by atoms with Gasteiger partial charge in [0.05, 0.1) is 11.8 Å². The van der Waals surface area contributed by atoms with Gasteiger partial charge in [0.1, 0.15) is 13.2 Å². The predicted molar refractivity (Wildman–Crippen MR) is 59.8 cm³/mol. The number of carbonyl (C=O) groups is 2. The normalized spacial score (nSPS) is 12.5. The van der Waals surface area contributed by atoms with E-state index in [9.17, 15) is 9.59 Å². The summed E-state index contributed by atoms with van der Waals surface area (Å²) in [5.41, 5.74) is 0. The van der Waals surface area contributed by atoms with Gasteiger partial charge in [-0.3, -0.25) is 0 Å². The number of ether oxygens (including phenoxy) is 3. The molecule has 0 amide bonds. The summed E-state index contributed by atoms with van der Waals surface area (Å²) >= 11 is 0. The highest BCUT2D eigenvalue weighted by Gasteiger charge is 2.14. The lowest BCUT2D eigenvalue weighted by Gasteiger charge is -2.07. The summed E-state index contributed by atoms with van der Waals surface area (Å²) in [5, 5.41) is 0. The first-order chi connectivity index (χ1) is 7.99. The van der Waals surface area contributed by atoms with Crippen LogP contribution in [0.3, 0.4) is 0 Å². The van der Waals surface area contributed by atoms with Crippen LogP contribution in [0.1, 0.15) is 13.8 Å². The van der Waals surface area contributed by atoms with Gasteiger partial charge >= 0.3 is 12.3 Å². The lowest BCUT2D eigenvalue weighted by Crippen LogP contribution is -2.19. The van der Waals surface area contributed by atoms with Gasteiger partial charge in [0.15, 0.2) is 0 Å². The first-order valence-electron chi connectivity index (χ1n) is 4.93. The standard InChI is InChI=1S/C12H14O5/c1-5-9(3)7-15-11(13)17-12(14)16-8-10(4)6-2/h1-2,9-10H,7-8H2,3-4H3. The average Bonchev–Trinajstić information content (AvgIpc) is 2.32. The van der Waals surface area contributed by atoms with E-state index in [0.717, 1.165) is 0 Å². The van der Waals surface area contributed by atoms with Crippen LogP contribution in [0.5, 0.6) is 0 Å². The van der Waals surface area contributed by atoms with Crippen molar-refractivity contribution in [1.29, 1.82) is 0 Å². The minimum Gasteiger partial charge on any atom is -0.433 e. The molecule has 17 heavy (non-hydrogen) atoms. The maximum Gasteiger partial charge on any atom is 0.518 e. The second-order valence-corrected chi connectivity index (χ2v) is 3.36. The maximum atomic E-state index is 10.9. The summed E-state index contributed by atoms with van der Waals surface area (Å²) in [4.78, 5) is 21.9. The Labute approximate surface area is 100 Å². The fraction of sp³-hybridized carbons (Fsp3) is 0.500. The van der Waals surface area contributed by atoms with Crippen LogP contribution in [0.25, 0.3) is 0 Å². The summed E-state index contributed by atoms with van der Waals surface area (Å²) in [6.45, 7) is 3.31. The van der Waals surface area contributed by atoms with E-state index in [1.807, 2.05) is 0 Å². The molecule has 0 rings (SSSR count). The third-order valence-electron chi connectivity index (χ3n) is 1.64. The summed E-state index contributed by atoms with van der Waals surface area (Å²) in [5.74, 6) is 4.20. The Bertz CT molecular complexity index is 313. The quantitative estimate of drug-likeness (QED) is 0.424. The molecule has 0 saturated carbocycles. The van der Waals surface area contributed by atoms with E-state index in [2.05, 4.69) is 26.1 Å². The number of rotatable bonds is 4. The number of hydrogen-bond donors (Lipinski definition) is 0. The molecule has 0 aromatic carbocycles. The summed E-state index contributed by atoms with van der Waals surface area (Å²) in [6, 6.07) is 0. The predicted octanol–water partition coefficient (Wildman–Crippen LogP) is 1.81. The van der Waals surface area contributed by atoms with Crippen molar-refractivity contribution in [3.05, 3.63) is 0 Å². The Balaban J connectivity index is 3.79. The molecule has 5 nitrogen and oxygen atoms in total. The topological polar surface area (TPSA) is 61.8 Å². The molecule has 0 aromatic rings. The largest absolute Gasteiger partial charge is 0.518 e. The smallest absolute Gasteiger partial charge is 0.433 e. The highest BCUT2D eigenvalue weighted by molar-refractivity contribution is 5.76. The fourth-order valence-corrected chi connectivity index (χ4v) is 0.609. The molecule has 2 atom stereocenters. The number of hydrogen-bond acceptors (Lipinski definition) is 5. The van der Waals surface area contributed by atoms with E-state index in [0.29, 0.717) is 0 Å². The zero-order valence-electron chi connectivity index (χ0n) is 9.76. The lowest BCUT2D eigenvalue weighted by atomic mass is 10.2. The molecule has 0 saturated heterocycles. The van der Waals surface area contributed by atoms with Gasteiger partial charge in [-0.25, -0.2) is 9.59 Å². The number of terminal acetylenes is 2. The van der Waals surface area contributed by atoms with Crippen LogP contribution in [0.15, 0.2) is 0 Å². The van der Waals surface area contributed by atoms with E-state index in [-0.39, 0.29) is 25.0 Å². The SMILES string of the molecule is C#CC(C)COC(=O)OC(=O)OCC(C)C#C. The van der Waals surface area contributed by atoms with Crippen molar-refractivity contribution >= 4 is 12.3 Å². The fourth-order valence-electron chi connectivity index (χ4n) is 0.609. The minimum absolute atomic E-state index is 0.0244. The molecule has 0 aliphatic rings. The third kappa shape index (κ3) is 7.75. The van der Waals surface area contributed by atoms with Crippen LogP contribution in [-0.4, -0.2) is 25.5 Å². The molecule has 0 spiro atoms. The van der Waals surface area contributed by atoms with Crippen molar-refractivity contribution in [3.8, 4) is 24.7 Å². The zero-order valence-corrected chi connectivity index (χ0v) is 9.76. The molecule has 2 unspecified atom stereocenters. The Kier molecular flexibility index (Phi) is 7.05. The molecule has 92 valence electrons. The molecule has 0 aromatic heterocycles. The van der Waals surface area contributed by atoms with E-state index in [1.54, 1.807) is 13.8 Å². The van der Waals surface area contributed by atoms with Gasteiger partial charge in [-0.15, -0.1) is 24.7 Å². The van der Waals surface area contributed by atoms with E-state index < -0.39 is 12.3 Å². The highest BCUT2D eigenvalue weighted by atomic mass is 16.8. The molecule has 5 heteroatoms. The monoisotopic (exact) mass is 238 g/mol. The van der Waals surface area contributed by atoms with Crippen molar-refractivity contribution in [2.45, 2.75) is 13.8 Å². The molecule has 0 N–H and O–H groups in total. The molecule has 0 radical (unpaired) electrons. The van der Waals surface area contributed by atoms with E-state index in [4.69, 9.17) is 12.8 Å². The molecule has 0 heterocycles. The average molecular weight is 238 g/mol. The molecule has 0 bridgehead atoms. The van der Waals surface area contributed by atoms with Crippen LogP contribution in [0.2, 0.25) is 0 Å². The second kappa shape index (κ2) is 8.06. The van der Waals surface area contributed by atoms with Crippen LogP contribution in [0.4, 0.5) is 9.59 Å². The molecule has 0 aliphatic carbocycles. The van der Waals surface area contributed by atoms with Gasteiger partial charge in [-0.1, -0.05) is 0 Å². The Morgan fingerprint density at radius 1 is 1.00 bits per heavy atom. The third-order valence-corrected chi connectivity index (χ3v) is 1.64. The minimum atomic E-state index is -1.15.